The van der Waals surface area contributed by atoms with Gasteiger partial charge in [0.05, 0.1) is 5.02 Å². The smallest absolute Gasteiger partial charge is 0.251 e. The largest absolute Gasteiger partial charge is 0.486 e. The maximum Gasteiger partial charge on any atom is 0.251 e. The average molecular weight is 286 g/mol. The molecule has 0 unspecified atom stereocenters. The number of fused-ring (bicyclic) bond motifs is 1. The molecule has 1 aliphatic rings. The number of hydrogen-bond donors (Lipinski definition) is 2. The molecule has 0 bridgehead atoms. The SMILES string of the molecule is O=C(NCCCCO)c1cc(Cl)c2c(c1)OCCO2. The van der Waals surface area contributed by atoms with Crippen molar-refractivity contribution >= 4 is 17.5 Å². The Bertz CT molecular complexity index is 464. The van der Waals surface area contributed by atoms with Crippen LogP contribution in [0, 0.1) is 0 Å². The van der Waals surface area contributed by atoms with Gasteiger partial charge in [-0.15, -0.1) is 0 Å². The molecule has 0 aliphatic carbocycles. The van der Waals surface area contributed by atoms with Crippen molar-refractivity contribution in [2.45, 2.75) is 12.8 Å². The molecule has 1 amide bonds. The van der Waals surface area contributed by atoms with E-state index in [2.05, 4.69) is 5.32 Å². The van der Waals surface area contributed by atoms with Gasteiger partial charge in [0.25, 0.3) is 5.91 Å². The fourth-order valence-electron chi connectivity index (χ4n) is 1.78. The third-order valence-corrected chi connectivity index (χ3v) is 3.01. The number of halogens is 1. The number of carbonyl (C=O) groups is 1. The van der Waals surface area contributed by atoms with Gasteiger partial charge in [-0.2, -0.15) is 0 Å². The number of benzene rings is 1. The highest BCUT2D eigenvalue weighted by Gasteiger charge is 2.18. The van der Waals surface area contributed by atoms with Gasteiger partial charge in [-0.05, 0) is 25.0 Å². The fraction of sp³-hybridized carbons (Fsp3) is 0.462. The summed E-state index contributed by atoms with van der Waals surface area (Å²) in [6.45, 7) is 1.56. The molecular weight excluding hydrogens is 270 g/mol. The van der Waals surface area contributed by atoms with E-state index >= 15 is 0 Å². The molecule has 1 aliphatic heterocycles. The summed E-state index contributed by atoms with van der Waals surface area (Å²) in [6, 6.07) is 3.19. The Hall–Kier alpha value is -1.46. The van der Waals surface area contributed by atoms with Crippen molar-refractivity contribution in [3.8, 4) is 11.5 Å². The van der Waals surface area contributed by atoms with Crippen LogP contribution in [0.1, 0.15) is 23.2 Å². The quantitative estimate of drug-likeness (QED) is 0.807. The van der Waals surface area contributed by atoms with Crippen LogP contribution in [0.4, 0.5) is 0 Å². The van der Waals surface area contributed by atoms with Gasteiger partial charge < -0.3 is 19.9 Å². The van der Waals surface area contributed by atoms with Gasteiger partial charge in [-0.3, -0.25) is 4.79 Å². The van der Waals surface area contributed by atoms with Crippen molar-refractivity contribution in [2.24, 2.45) is 0 Å². The van der Waals surface area contributed by atoms with Crippen LogP contribution in [0.3, 0.4) is 0 Å². The molecule has 0 saturated heterocycles. The lowest BCUT2D eigenvalue weighted by atomic mass is 10.1. The second-order valence-corrected chi connectivity index (χ2v) is 4.58. The van der Waals surface area contributed by atoms with Crippen molar-refractivity contribution < 1.29 is 19.4 Å². The summed E-state index contributed by atoms with van der Waals surface area (Å²) in [5.41, 5.74) is 0.443. The first-order valence-corrected chi connectivity index (χ1v) is 6.58. The van der Waals surface area contributed by atoms with Crippen LogP contribution in [0.5, 0.6) is 11.5 Å². The van der Waals surface area contributed by atoms with Crippen LogP contribution in [0.15, 0.2) is 12.1 Å². The number of nitrogens with one attached hydrogen (secondary N) is 1. The molecule has 0 aromatic heterocycles. The molecule has 0 fully saturated rings. The molecule has 0 saturated carbocycles. The minimum absolute atomic E-state index is 0.131. The molecule has 1 heterocycles. The standard InChI is InChI=1S/C13H16ClNO4/c14-10-7-9(13(17)15-3-1-2-4-16)8-11-12(10)19-6-5-18-11/h7-8,16H,1-6H2,(H,15,17). The van der Waals surface area contributed by atoms with E-state index in [9.17, 15) is 4.79 Å². The van der Waals surface area contributed by atoms with E-state index in [1.807, 2.05) is 0 Å². The molecule has 2 rings (SSSR count). The Labute approximate surface area is 116 Å². The third-order valence-electron chi connectivity index (χ3n) is 2.73. The summed E-state index contributed by atoms with van der Waals surface area (Å²) in [7, 11) is 0. The molecule has 104 valence electrons. The number of amides is 1. The summed E-state index contributed by atoms with van der Waals surface area (Å²) in [5, 5.41) is 11.8. The number of hydrogen-bond acceptors (Lipinski definition) is 4. The van der Waals surface area contributed by atoms with Crippen molar-refractivity contribution in [1.29, 1.82) is 0 Å². The van der Waals surface area contributed by atoms with E-state index in [-0.39, 0.29) is 12.5 Å². The average Bonchev–Trinajstić information content (AvgIpc) is 2.43. The number of aliphatic hydroxyl groups excluding tert-OH is 1. The number of aliphatic hydroxyl groups is 1. The minimum atomic E-state index is -0.211. The van der Waals surface area contributed by atoms with Crippen molar-refractivity contribution in [3.05, 3.63) is 22.7 Å². The lowest BCUT2D eigenvalue weighted by Crippen LogP contribution is -2.25. The molecule has 0 atom stereocenters. The van der Waals surface area contributed by atoms with E-state index in [4.69, 9.17) is 26.2 Å². The molecule has 1 aromatic carbocycles. The van der Waals surface area contributed by atoms with E-state index in [0.717, 1.165) is 6.42 Å². The van der Waals surface area contributed by atoms with Gasteiger partial charge in [0, 0.05) is 18.7 Å². The molecule has 5 nitrogen and oxygen atoms in total. The molecular formula is C13H16ClNO4. The monoisotopic (exact) mass is 285 g/mol. The Balaban J connectivity index is 2.04. The summed E-state index contributed by atoms with van der Waals surface area (Å²) < 4.78 is 10.8. The maximum atomic E-state index is 11.9. The molecule has 19 heavy (non-hydrogen) atoms. The predicted molar refractivity (Wildman–Crippen MR) is 71.1 cm³/mol. The van der Waals surface area contributed by atoms with Crippen LogP contribution < -0.4 is 14.8 Å². The lowest BCUT2D eigenvalue weighted by molar-refractivity contribution is 0.0951. The van der Waals surface area contributed by atoms with Crippen molar-refractivity contribution in [2.75, 3.05) is 26.4 Å². The zero-order chi connectivity index (χ0) is 13.7. The van der Waals surface area contributed by atoms with Gasteiger partial charge in [0.15, 0.2) is 11.5 Å². The highest BCUT2D eigenvalue weighted by molar-refractivity contribution is 6.32. The number of ether oxygens (including phenoxy) is 2. The molecule has 0 spiro atoms. The van der Waals surface area contributed by atoms with Crippen LogP contribution in [0.2, 0.25) is 5.02 Å². The zero-order valence-electron chi connectivity index (χ0n) is 10.4. The molecule has 0 radical (unpaired) electrons. The fourth-order valence-corrected chi connectivity index (χ4v) is 2.05. The van der Waals surface area contributed by atoms with E-state index in [1.54, 1.807) is 12.1 Å². The molecule has 6 heteroatoms. The van der Waals surface area contributed by atoms with Gasteiger partial charge in [0.1, 0.15) is 13.2 Å². The second kappa shape index (κ2) is 6.63. The summed E-state index contributed by atoms with van der Waals surface area (Å²) in [6.07, 6.45) is 1.41. The van der Waals surface area contributed by atoms with Gasteiger partial charge in [-0.1, -0.05) is 11.6 Å². The summed E-state index contributed by atoms with van der Waals surface area (Å²) >= 11 is 6.06. The second-order valence-electron chi connectivity index (χ2n) is 4.17. The van der Waals surface area contributed by atoms with E-state index in [1.165, 1.54) is 0 Å². The molecule has 2 N–H and O–H groups in total. The Morgan fingerprint density at radius 2 is 2.11 bits per heavy atom. The van der Waals surface area contributed by atoms with Crippen LogP contribution >= 0.6 is 11.6 Å². The maximum absolute atomic E-state index is 11.9. The summed E-state index contributed by atoms with van der Waals surface area (Å²) in [5.74, 6) is 0.779. The molecule has 1 aromatic rings. The topological polar surface area (TPSA) is 67.8 Å². The van der Waals surface area contributed by atoms with Crippen molar-refractivity contribution in [3.63, 3.8) is 0 Å². The Morgan fingerprint density at radius 3 is 2.89 bits per heavy atom. The first-order valence-electron chi connectivity index (χ1n) is 6.20. The zero-order valence-corrected chi connectivity index (χ0v) is 11.2. The van der Waals surface area contributed by atoms with Crippen LogP contribution in [-0.4, -0.2) is 37.4 Å². The van der Waals surface area contributed by atoms with Gasteiger partial charge >= 0.3 is 0 Å². The third kappa shape index (κ3) is 3.52. The number of unbranched alkanes of at least 4 members (excludes halogenated alkanes) is 1. The van der Waals surface area contributed by atoms with Gasteiger partial charge in [0.2, 0.25) is 0 Å². The number of rotatable bonds is 5. The first-order chi connectivity index (χ1) is 9.22. The van der Waals surface area contributed by atoms with Crippen LogP contribution in [-0.2, 0) is 0 Å². The summed E-state index contributed by atoms with van der Waals surface area (Å²) in [4.78, 5) is 11.9. The minimum Gasteiger partial charge on any atom is -0.486 e. The number of carbonyl (C=O) groups excluding carboxylic acids is 1. The van der Waals surface area contributed by atoms with E-state index in [0.29, 0.717) is 48.3 Å². The Kier molecular flexibility index (Phi) is 4.87. The van der Waals surface area contributed by atoms with Crippen molar-refractivity contribution in [1.82, 2.24) is 5.32 Å². The first kappa shape index (κ1) is 14.0. The van der Waals surface area contributed by atoms with E-state index < -0.39 is 0 Å². The lowest BCUT2D eigenvalue weighted by Gasteiger charge is -2.20. The highest BCUT2D eigenvalue weighted by Crippen LogP contribution is 2.38. The van der Waals surface area contributed by atoms with Crippen LogP contribution in [0.25, 0.3) is 0 Å². The highest BCUT2D eigenvalue weighted by atomic mass is 35.5. The predicted octanol–water partition coefficient (Wildman–Crippen LogP) is 1.61. The Morgan fingerprint density at radius 1 is 1.32 bits per heavy atom. The van der Waals surface area contributed by atoms with Gasteiger partial charge in [-0.25, -0.2) is 0 Å². The normalized spacial score (nSPS) is 13.2.